The predicted molar refractivity (Wildman–Crippen MR) is 134 cm³/mol. The molecule has 0 radical (unpaired) electrons. The van der Waals surface area contributed by atoms with Crippen LogP contribution in [0.25, 0.3) is 11.7 Å². The summed E-state index contributed by atoms with van der Waals surface area (Å²) in [5.74, 6) is 0.425. The molecule has 1 aliphatic heterocycles. The van der Waals surface area contributed by atoms with Crippen molar-refractivity contribution in [3.05, 3.63) is 74.5 Å². The van der Waals surface area contributed by atoms with Crippen LogP contribution in [0.15, 0.2) is 52.3 Å². The second-order valence-electron chi connectivity index (χ2n) is 7.45. The number of carbonyl (C=O) groups excluding carboxylic acids is 1. The molecule has 0 aliphatic carbocycles. The van der Waals surface area contributed by atoms with Gasteiger partial charge in [-0.05, 0) is 48.7 Å². The molecule has 7 nitrogen and oxygen atoms in total. The van der Waals surface area contributed by atoms with Gasteiger partial charge >= 0.3 is 0 Å². The van der Waals surface area contributed by atoms with Crippen LogP contribution in [-0.2, 0) is 16.0 Å². The zero-order valence-electron chi connectivity index (χ0n) is 18.5. The van der Waals surface area contributed by atoms with Crippen molar-refractivity contribution in [3.63, 3.8) is 0 Å². The second-order valence-corrected chi connectivity index (χ2v) is 9.12. The molecular weight excluding hydrogens is 458 g/mol. The van der Waals surface area contributed by atoms with Gasteiger partial charge in [-0.3, -0.25) is 18.9 Å². The monoisotopic (exact) mass is 481 g/mol. The van der Waals surface area contributed by atoms with E-state index in [9.17, 15) is 9.59 Å². The minimum atomic E-state index is -0.328. The number of amides is 1. The Morgan fingerprint density at radius 2 is 1.94 bits per heavy atom. The second kappa shape index (κ2) is 9.86. The molecule has 9 heteroatoms. The van der Waals surface area contributed by atoms with E-state index < -0.39 is 0 Å². The van der Waals surface area contributed by atoms with Crippen LogP contribution in [0, 0.1) is 6.92 Å². The first kappa shape index (κ1) is 23.2. The number of aromatic nitrogens is 2. The van der Waals surface area contributed by atoms with E-state index in [4.69, 9.17) is 21.7 Å². The van der Waals surface area contributed by atoms with Crippen LogP contribution in [0.5, 0.6) is 11.6 Å². The first-order valence-corrected chi connectivity index (χ1v) is 11.7. The highest BCUT2D eigenvalue weighted by Crippen LogP contribution is 2.34. The number of hydrogen-bond donors (Lipinski definition) is 0. The fraction of sp³-hybridized carbons (Fsp3) is 0.250. The Hall–Kier alpha value is -3.01. The lowest BCUT2D eigenvalue weighted by Crippen LogP contribution is -2.31. The van der Waals surface area contributed by atoms with Gasteiger partial charge in [-0.25, -0.2) is 0 Å². The van der Waals surface area contributed by atoms with E-state index >= 15 is 0 Å². The number of hydrogen-bond acceptors (Lipinski definition) is 7. The van der Waals surface area contributed by atoms with Gasteiger partial charge in [-0.2, -0.15) is 4.98 Å². The molecule has 2 aromatic heterocycles. The van der Waals surface area contributed by atoms with Crippen LogP contribution < -0.4 is 10.3 Å². The number of carbonyl (C=O) groups is 1. The first-order chi connectivity index (χ1) is 15.9. The summed E-state index contributed by atoms with van der Waals surface area (Å²) in [7, 11) is 1.56. The maximum Gasteiger partial charge on any atom is 0.269 e. The minimum absolute atomic E-state index is 0.140. The van der Waals surface area contributed by atoms with Gasteiger partial charge in [0.1, 0.15) is 21.3 Å². The van der Waals surface area contributed by atoms with Crippen molar-refractivity contribution in [1.82, 2.24) is 14.3 Å². The Balaban J connectivity index is 1.82. The molecule has 33 heavy (non-hydrogen) atoms. The van der Waals surface area contributed by atoms with Crippen LogP contribution in [0.4, 0.5) is 0 Å². The number of rotatable bonds is 7. The number of fused-ring (bicyclic) bond motifs is 1. The number of nitrogens with zero attached hydrogens (tertiary/aromatic N) is 3. The van der Waals surface area contributed by atoms with Gasteiger partial charge < -0.3 is 9.47 Å². The molecule has 170 valence electrons. The van der Waals surface area contributed by atoms with Gasteiger partial charge in [-0.1, -0.05) is 49.1 Å². The van der Waals surface area contributed by atoms with Crippen LogP contribution in [0.1, 0.15) is 23.6 Å². The summed E-state index contributed by atoms with van der Waals surface area (Å²) < 4.78 is 13.0. The van der Waals surface area contributed by atoms with Crippen LogP contribution in [0.3, 0.4) is 0 Å². The van der Waals surface area contributed by atoms with Crippen molar-refractivity contribution in [2.75, 3.05) is 20.3 Å². The van der Waals surface area contributed by atoms with Crippen molar-refractivity contribution in [1.29, 1.82) is 0 Å². The number of thiocarbonyl (C=S) groups is 1. The largest absolute Gasteiger partial charge is 0.438 e. The number of pyridine rings is 1. The van der Waals surface area contributed by atoms with Crippen molar-refractivity contribution in [3.8, 4) is 11.6 Å². The van der Waals surface area contributed by atoms with E-state index in [-0.39, 0.29) is 22.9 Å². The van der Waals surface area contributed by atoms with Gasteiger partial charge in [-0.15, -0.1) is 0 Å². The summed E-state index contributed by atoms with van der Waals surface area (Å²) in [4.78, 5) is 32.8. The van der Waals surface area contributed by atoms with Gasteiger partial charge in [0.2, 0.25) is 5.88 Å². The molecule has 0 atom stereocenters. The Morgan fingerprint density at radius 3 is 2.64 bits per heavy atom. The average molecular weight is 482 g/mol. The van der Waals surface area contributed by atoms with Crippen LogP contribution in [0.2, 0.25) is 0 Å². The summed E-state index contributed by atoms with van der Waals surface area (Å²) in [5, 5.41) is 0. The Bertz CT molecular complexity index is 1320. The van der Waals surface area contributed by atoms with Crippen molar-refractivity contribution < 1.29 is 14.3 Å². The molecule has 0 bridgehead atoms. The van der Waals surface area contributed by atoms with E-state index in [1.165, 1.54) is 20.9 Å². The lowest BCUT2D eigenvalue weighted by atomic mass is 10.2. The number of ether oxygens (including phenoxy) is 2. The highest BCUT2D eigenvalue weighted by atomic mass is 32.2. The van der Waals surface area contributed by atoms with Crippen LogP contribution >= 0.6 is 24.0 Å². The molecule has 4 rings (SSSR count). The molecule has 0 saturated carbocycles. The first-order valence-electron chi connectivity index (χ1n) is 10.5. The molecule has 1 saturated heterocycles. The van der Waals surface area contributed by atoms with Gasteiger partial charge in [0.05, 0.1) is 18.1 Å². The average Bonchev–Trinajstić information content (AvgIpc) is 3.08. The molecule has 1 aliphatic rings. The van der Waals surface area contributed by atoms with Gasteiger partial charge in [0.15, 0.2) is 0 Å². The topological polar surface area (TPSA) is 73.1 Å². The molecule has 3 aromatic rings. The van der Waals surface area contributed by atoms with Gasteiger partial charge in [0, 0.05) is 13.3 Å². The van der Waals surface area contributed by atoms with E-state index in [0.717, 1.165) is 23.7 Å². The fourth-order valence-corrected chi connectivity index (χ4v) is 4.70. The summed E-state index contributed by atoms with van der Waals surface area (Å²) >= 11 is 6.50. The molecule has 1 aromatic carbocycles. The normalized spacial score (nSPS) is 15.1. The third-order valence-electron chi connectivity index (χ3n) is 5.26. The molecule has 1 amide bonds. The number of methoxy groups -OCH3 is 1. The maximum absolute atomic E-state index is 13.4. The van der Waals surface area contributed by atoms with Crippen molar-refractivity contribution in [2.24, 2.45) is 0 Å². The van der Waals surface area contributed by atoms with Gasteiger partial charge in [0.25, 0.3) is 11.5 Å². The Kier molecular flexibility index (Phi) is 6.92. The third-order valence-corrected chi connectivity index (χ3v) is 6.64. The summed E-state index contributed by atoms with van der Waals surface area (Å²) in [5.41, 5.74) is 2.35. The summed E-state index contributed by atoms with van der Waals surface area (Å²) in [6.45, 7) is 4.66. The molecule has 3 heterocycles. The van der Waals surface area contributed by atoms with E-state index in [2.05, 4.69) is 11.9 Å². The summed E-state index contributed by atoms with van der Waals surface area (Å²) in [6, 6.07) is 11.3. The SMILES string of the molecule is CCc1ccc(Oc2nc3c(C)cccn3c(=O)c2/C=C2/SC(=S)N(CCOC)C2=O)cc1. The number of aryl methyl sites for hydroxylation is 2. The Morgan fingerprint density at radius 1 is 1.18 bits per heavy atom. The molecule has 0 N–H and O–H groups in total. The Labute approximate surface area is 201 Å². The molecule has 0 unspecified atom stereocenters. The number of thioether (sulfide) groups is 1. The van der Waals surface area contributed by atoms with Crippen LogP contribution in [-0.4, -0.2) is 44.8 Å². The fourth-order valence-electron chi connectivity index (χ4n) is 3.40. The maximum atomic E-state index is 13.4. The van der Waals surface area contributed by atoms with E-state index in [0.29, 0.717) is 33.8 Å². The molecule has 1 fully saturated rings. The predicted octanol–water partition coefficient (Wildman–Crippen LogP) is 4.21. The quantitative estimate of drug-likeness (QED) is 0.370. The highest BCUT2D eigenvalue weighted by Gasteiger charge is 2.32. The van der Waals surface area contributed by atoms with Crippen molar-refractivity contribution in [2.45, 2.75) is 20.3 Å². The minimum Gasteiger partial charge on any atom is -0.438 e. The lowest BCUT2D eigenvalue weighted by molar-refractivity contribution is -0.122. The van der Waals surface area contributed by atoms with E-state index in [1.54, 1.807) is 19.4 Å². The smallest absolute Gasteiger partial charge is 0.269 e. The zero-order valence-corrected chi connectivity index (χ0v) is 20.2. The zero-order chi connectivity index (χ0) is 23.5. The standard InChI is InChI=1S/C24H23N3O4S2/c1-4-16-7-9-17(10-8-16)31-21-18(22(28)26-11-5-6-15(2)20(26)25-21)14-19-23(29)27(12-13-30-3)24(32)33-19/h5-11,14H,4,12-13H2,1-3H3/b19-14+. The van der Waals surface area contributed by atoms with E-state index in [1.807, 2.05) is 37.3 Å². The van der Waals surface area contributed by atoms with Crippen molar-refractivity contribution >= 4 is 45.9 Å². The lowest BCUT2D eigenvalue weighted by Gasteiger charge is -2.13. The molecular formula is C24H23N3O4S2. The highest BCUT2D eigenvalue weighted by molar-refractivity contribution is 8.26. The summed E-state index contributed by atoms with van der Waals surface area (Å²) in [6.07, 6.45) is 4.08. The molecule has 0 spiro atoms. The third kappa shape index (κ3) is 4.71. The number of benzene rings is 1.